The molecule has 2 aliphatic rings. The van der Waals surface area contributed by atoms with Gasteiger partial charge in [-0.3, -0.25) is 4.90 Å². The molecule has 0 N–H and O–H groups in total. The van der Waals surface area contributed by atoms with Gasteiger partial charge < -0.3 is 4.74 Å². The van der Waals surface area contributed by atoms with E-state index in [1.165, 1.54) is 19.3 Å². The summed E-state index contributed by atoms with van der Waals surface area (Å²) in [5, 5.41) is 0. The Hall–Kier alpha value is -0.0800. The van der Waals surface area contributed by atoms with Crippen LogP contribution in [-0.2, 0) is 4.74 Å². The van der Waals surface area contributed by atoms with Crippen molar-refractivity contribution in [2.24, 2.45) is 5.92 Å². The number of likely N-dealkylation sites (N-methyl/N-ethyl adjacent to an activating group) is 1. The van der Waals surface area contributed by atoms with E-state index in [0.29, 0.717) is 12.1 Å². The first-order valence-corrected chi connectivity index (χ1v) is 5.52. The number of rotatable bonds is 3. The largest absolute Gasteiger partial charge is 0.377 e. The maximum absolute atomic E-state index is 5.71. The number of nitrogens with zero attached hydrogens (tertiary/aromatic N) is 1. The van der Waals surface area contributed by atoms with Gasteiger partial charge in [0.2, 0.25) is 0 Å². The standard InChI is InChI=1S/C11H21NO/c1-8(2)13-7-11-9-4-5-10(6-9)12(11)3/h8-11H,4-7H2,1-3H3/t9-,10+,11-/m1/s1. The van der Waals surface area contributed by atoms with Crippen LogP contribution in [0.2, 0.25) is 0 Å². The van der Waals surface area contributed by atoms with Crippen LogP contribution in [0.1, 0.15) is 33.1 Å². The molecule has 2 fully saturated rings. The van der Waals surface area contributed by atoms with Gasteiger partial charge in [-0.25, -0.2) is 0 Å². The van der Waals surface area contributed by atoms with Gasteiger partial charge in [-0.2, -0.15) is 0 Å². The van der Waals surface area contributed by atoms with Crippen LogP contribution < -0.4 is 0 Å². The fourth-order valence-electron chi connectivity index (χ4n) is 2.86. The second-order valence-corrected chi connectivity index (χ2v) is 4.84. The van der Waals surface area contributed by atoms with E-state index in [1.807, 2.05) is 0 Å². The summed E-state index contributed by atoms with van der Waals surface area (Å²) in [5.74, 6) is 0.925. The molecule has 1 aliphatic heterocycles. The molecular weight excluding hydrogens is 162 g/mol. The van der Waals surface area contributed by atoms with E-state index in [9.17, 15) is 0 Å². The molecule has 0 radical (unpaired) electrons. The third kappa shape index (κ3) is 1.75. The van der Waals surface area contributed by atoms with E-state index in [2.05, 4.69) is 25.8 Å². The van der Waals surface area contributed by atoms with Gasteiger partial charge in [-0.1, -0.05) is 0 Å². The average molecular weight is 183 g/mol. The van der Waals surface area contributed by atoms with E-state index in [-0.39, 0.29) is 0 Å². The Labute approximate surface area is 81.3 Å². The fourth-order valence-corrected chi connectivity index (χ4v) is 2.86. The number of likely N-dealkylation sites (tertiary alicyclic amines) is 1. The van der Waals surface area contributed by atoms with Gasteiger partial charge in [0.15, 0.2) is 0 Å². The van der Waals surface area contributed by atoms with Crippen LogP contribution in [0, 0.1) is 5.92 Å². The molecule has 0 amide bonds. The first-order chi connectivity index (χ1) is 6.18. The second kappa shape index (κ2) is 3.58. The topological polar surface area (TPSA) is 12.5 Å². The number of hydrogen-bond donors (Lipinski definition) is 0. The summed E-state index contributed by atoms with van der Waals surface area (Å²) < 4.78 is 5.71. The van der Waals surface area contributed by atoms with Crippen molar-refractivity contribution in [3.8, 4) is 0 Å². The lowest BCUT2D eigenvalue weighted by Crippen LogP contribution is -2.41. The molecule has 2 nitrogen and oxygen atoms in total. The van der Waals surface area contributed by atoms with Crippen LogP contribution in [0.25, 0.3) is 0 Å². The third-order valence-corrected chi connectivity index (χ3v) is 3.69. The first-order valence-electron chi connectivity index (χ1n) is 5.52. The van der Waals surface area contributed by atoms with Crippen molar-refractivity contribution < 1.29 is 4.74 Å². The van der Waals surface area contributed by atoms with Crippen LogP contribution in [0.3, 0.4) is 0 Å². The van der Waals surface area contributed by atoms with Gasteiger partial charge in [0.25, 0.3) is 0 Å². The van der Waals surface area contributed by atoms with Gasteiger partial charge in [0.1, 0.15) is 0 Å². The molecule has 0 aromatic heterocycles. The Kier molecular flexibility index (Phi) is 2.61. The van der Waals surface area contributed by atoms with Crippen LogP contribution in [-0.4, -0.2) is 36.7 Å². The van der Waals surface area contributed by atoms with E-state index in [1.54, 1.807) is 0 Å². The third-order valence-electron chi connectivity index (χ3n) is 3.69. The molecule has 76 valence electrons. The van der Waals surface area contributed by atoms with Gasteiger partial charge in [-0.15, -0.1) is 0 Å². The van der Waals surface area contributed by atoms with E-state index >= 15 is 0 Å². The maximum Gasteiger partial charge on any atom is 0.0628 e. The predicted octanol–water partition coefficient (Wildman–Crippen LogP) is 1.89. The summed E-state index contributed by atoms with van der Waals surface area (Å²) in [6.45, 7) is 5.18. The van der Waals surface area contributed by atoms with Crippen molar-refractivity contribution in [3.63, 3.8) is 0 Å². The van der Waals surface area contributed by atoms with Gasteiger partial charge in [0.05, 0.1) is 12.7 Å². The molecule has 1 saturated carbocycles. The summed E-state index contributed by atoms with van der Waals surface area (Å²) in [6.07, 6.45) is 4.65. The van der Waals surface area contributed by atoms with Crippen LogP contribution in [0.5, 0.6) is 0 Å². The number of fused-ring (bicyclic) bond motifs is 2. The highest BCUT2D eigenvalue weighted by Gasteiger charge is 2.43. The lowest BCUT2D eigenvalue weighted by molar-refractivity contribution is 0.0172. The Bertz CT molecular complexity index is 179. The minimum Gasteiger partial charge on any atom is -0.377 e. The molecule has 2 rings (SSSR count). The van der Waals surface area contributed by atoms with E-state index < -0.39 is 0 Å². The van der Waals surface area contributed by atoms with Gasteiger partial charge in [0, 0.05) is 12.1 Å². The second-order valence-electron chi connectivity index (χ2n) is 4.84. The molecule has 0 unspecified atom stereocenters. The summed E-state index contributed by atoms with van der Waals surface area (Å²) in [6, 6.07) is 1.58. The fraction of sp³-hybridized carbons (Fsp3) is 1.00. The Balaban J connectivity index is 1.86. The minimum atomic E-state index is 0.382. The van der Waals surface area contributed by atoms with Crippen LogP contribution in [0.15, 0.2) is 0 Å². The van der Waals surface area contributed by atoms with E-state index in [4.69, 9.17) is 4.74 Å². The SMILES string of the molecule is CC(C)OC[C@@H]1[C@@H]2CC[C@@H](C2)N1C. The highest BCUT2D eigenvalue weighted by Crippen LogP contribution is 2.41. The lowest BCUT2D eigenvalue weighted by atomic mass is 10.00. The molecule has 1 aliphatic carbocycles. The van der Waals surface area contributed by atoms with E-state index in [0.717, 1.165) is 18.6 Å². The molecule has 3 atom stereocenters. The molecule has 0 spiro atoms. The molecule has 1 heterocycles. The Morgan fingerprint density at radius 1 is 1.38 bits per heavy atom. The van der Waals surface area contributed by atoms with Crippen LogP contribution in [0.4, 0.5) is 0 Å². The van der Waals surface area contributed by atoms with Crippen molar-refractivity contribution in [3.05, 3.63) is 0 Å². The zero-order valence-corrected chi connectivity index (χ0v) is 8.99. The van der Waals surface area contributed by atoms with Crippen molar-refractivity contribution in [2.75, 3.05) is 13.7 Å². The highest BCUT2D eigenvalue weighted by atomic mass is 16.5. The predicted molar refractivity (Wildman–Crippen MR) is 53.8 cm³/mol. The van der Waals surface area contributed by atoms with Crippen LogP contribution >= 0.6 is 0 Å². The molecule has 0 aromatic rings. The summed E-state index contributed by atoms with van der Waals surface area (Å²) in [5.41, 5.74) is 0. The van der Waals surface area contributed by atoms with Crippen molar-refractivity contribution in [1.82, 2.24) is 4.90 Å². The monoisotopic (exact) mass is 183 g/mol. The van der Waals surface area contributed by atoms with Crippen molar-refractivity contribution in [1.29, 1.82) is 0 Å². The first kappa shape index (κ1) is 9.47. The molecule has 0 aromatic carbocycles. The van der Waals surface area contributed by atoms with Crippen molar-refractivity contribution >= 4 is 0 Å². The average Bonchev–Trinajstić information content (AvgIpc) is 2.61. The smallest absolute Gasteiger partial charge is 0.0628 e. The Morgan fingerprint density at radius 3 is 2.69 bits per heavy atom. The van der Waals surface area contributed by atoms with Gasteiger partial charge >= 0.3 is 0 Å². The molecule has 1 saturated heterocycles. The normalized spacial score (nSPS) is 39.2. The summed E-state index contributed by atoms with van der Waals surface area (Å²) in [4.78, 5) is 2.54. The van der Waals surface area contributed by atoms with Gasteiger partial charge in [-0.05, 0) is 46.1 Å². The number of ether oxygens (including phenoxy) is 1. The zero-order valence-electron chi connectivity index (χ0n) is 8.99. The quantitative estimate of drug-likeness (QED) is 0.662. The van der Waals surface area contributed by atoms with Crippen molar-refractivity contribution in [2.45, 2.75) is 51.3 Å². The summed E-state index contributed by atoms with van der Waals surface area (Å²) in [7, 11) is 2.26. The molecule has 13 heavy (non-hydrogen) atoms. The zero-order chi connectivity index (χ0) is 9.42. The number of hydrogen-bond acceptors (Lipinski definition) is 2. The Morgan fingerprint density at radius 2 is 2.15 bits per heavy atom. The maximum atomic E-state index is 5.71. The molecule has 2 heteroatoms. The molecule has 2 bridgehead atoms. The minimum absolute atomic E-state index is 0.382. The summed E-state index contributed by atoms with van der Waals surface area (Å²) >= 11 is 0. The highest BCUT2D eigenvalue weighted by molar-refractivity contribution is 4.97. The lowest BCUT2D eigenvalue weighted by Gasteiger charge is -2.32. The number of piperidine rings is 1. The molecular formula is C11H21NO.